The smallest absolute Gasteiger partial charge is 0.243 e. The molecule has 3 aliphatic heterocycles. The van der Waals surface area contributed by atoms with Gasteiger partial charge >= 0.3 is 0 Å². The molecule has 12 nitrogen and oxygen atoms in total. The molecular weight excluding hydrogens is 753 g/mol. The SMILES string of the molecule is N#Cc1ccc(CNC(=O)[C@@H]2Cc3ccc(cc3)CNC(=O)Cc3cccc(c3)CC(=O)NCc3ccc(cc3)C[C@@H](NS(=O)(=O)Cc3ccccc3)C(=O)N2)cc1. The molecule has 296 valence electrons. The zero-order chi connectivity index (χ0) is 40.9. The molecule has 0 aliphatic carbocycles. The fourth-order valence-corrected chi connectivity index (χ4v) is 7.87. The first-order valence-corrected chi connectivity index (χ1v) is 20.5. The van der Waals surface area contributed by atoms with Crippen LogP contribution >= 0.6 is 0 Å². The molecule has 0 radical (unpaired) electrons. The highest BCUT2D eigenvalue weighted by molar-refractivity contribution is 7.88. The second kappa shape index (κ2) is 19.5. The second-order valence-electron chi connectivity index (χ2n) is 14.3. The highest BCUT2D eigenvalue weighted by atomic mass is 32.2. The van der Waals surface area contributed by atoms with E-state index in [2.05, 4.69) is 32.1 Å². The lowest BCUT2D eigenvalue weighted by Gasteiger charge is -2.24. The molecule has 2 atom stereocenters. The van der Waals surface area contributed by atoms with Crippen LogP contribution in [-0.2, 0) is 80.3 Å². The molecule has 0 fully saturated rings. The number of carbonyl (C=O) groups excluding carboxylic acids is 4. The first kappa shape index (κ1) is 41.0. The normalized spacial score (nSPS) is 16.8. The van der Waals surface area contributed by atoms with Crippen molar-refractivity contribution >= 4 is 33.7 Å². The second-order valence-corrected chi connectivity index (χ2v) is 16.0. The molecule has 5 aromatic rings. The zero-order valence-corrected chi connectivity index (χ0v) is 32.6. The van der Waals surface area contributed by atoms with Crippen LogP contribution in [-0.4, -0.2) is 44.1 Å². The Hall–Kier alpha value is -6.62. The summed E-state index contributed by atoms with van der Waals surface area (Å²) in [6.45, 7) is 0.630. The van der Waals surface area contributed by atoms with Crippen LogP contribution in [0.4, 0.5) is 0 Å². The van der Waals surface area contributed by atoms with E-state index in [1.807, 2.05) is 48.5 Å². The van der Waals surface area contributed by atoms with Gasteiger partial charge in [-0.2, -0.15) is 5.26 Å². The summed E-state index contributed by atoms with van der Waals surface area (Å²) in [5.41, 5.74) is 6.30. The molecular formula is C45H44N6O6S. The van der Waals surface area contributed by atoms with Gasteiger partial charge in [0.25, 0.3) is 0 Å². The number of nitrogens with one attached hydrogen (secondary N) is 5. The summed E-state index contributed by atoms with van der Waals surface area (Å²) in [4.78, 5) is 53.8. The molecule has 0 saturated carbocycles. The van der Waals surface area contributed by atoms with Crippen molar-refractivity contribution in [2.75, 3.05) is 0 Å². The largest absolute Gasteiger partial charge is 0.352 e. The van der Waals surface area contributed by atoms with Crippen LogP contribution < -0.4 is 26.0 Å². The van der Waals surface area contributed by atoms with E-state index in [9.17, 15) is 32.9 Å². The van der Waals surface area contributed by atoms with Gasteiger partial charge in [-0.15, -0.1) is 0 Å². The van der Waals surface area contributed by atoms with Crippen LogP contribution in [0.5, 0.6) is 0 Å². The highest BCUT2D eigenvalue weighted by Crippen LogP contribution is 2.14. The topological polar surface area (TPSA) is 186 Å². The number of carbonyl (C=O) groups is 4. The number of hydrogen-bond acceptors (Lipinski definition) is 7. The van der Waals surface area contributed by atoms with Gasteiger partial charge in [0.1, 0.15) is 12.1 Å². The molecule has 6 bridgehead atoms. The van der Waals surface area contributed by atoms with E-state index in [0.717, 1.165) is 33.4 Å². The third-order valence-electron chi connectivity index (χ3n) is 9.65. The third-order valence-corrected chi connectivity index (χ3v) is 11.0. The van der Waals surface area contributed by atoms with E-state index in [-0.39, 0.29) is 62.9 Å². The predicted molar refractivity (Wildman–Crippen MR) is 219 cm³/mol. The van der Waals surface area contributed by atoms with Crippen LogP contribution in [0.1, 0.15) is 50.1 Å². The minimum Gasteiger partial charge on any atom is -0.352 e. The monoisotopic (exact) mass is 796 g/mol. The summed E-state index contributed by atoms with van der Waals surface area (Å²) in [6.07, 6.45) is 0.331. The molecule has 0 unspecified atom stereocenters. The number of benzene rings is 5. The molecule has 3 aliphatic rings. The zero-order valence-electron chi connectivity index (χ0n) is 31.7. The number of hydrogen-bond donors (Lipinski definition) is 5. The molecule has 8 rings (SSSR count). The molecule has 58 heavy (non-hydrogen) atoms. The summed E-state index contributed by atoms with van der Waals surface area (Å²) < 4.78 is 29.6. The van der Waals surface area contributed by atoms with Crippen molar-refractivity contribution in [2.45, 2.75) is 63.2 Å². The highest BCUT2D eigenvalue weighted by Gasteiger charge is 2.29. The number of sulfonamides is 1. The minimum absolute atomic E-state index is 0.0250. The van der Waals surface area contributed by atoms with Gasteiger partial charge < -0.3 is 21.3 Å². The average Bonchev–Trinajstić information content (AvgIpc) is 3.22. The maximum Gasteiger partial charge on any atom is 0.243 e. The van der Waals surface area contributed by atoms with Crippen LogP contribution in [0, 0.1) is 11.3 Å². The first-order chi connectivity index (χ1) is 28.0. The van der Waals surface area contributed by atoms with Crippen molar-refractivity contribution in [3.8, 4) is 6.07 Å². The fraction of sp³-hybridized carbons (Fsp3) is 0.222. The van der Waals surface area contributed by atoms with Crippen LogP contribution in [0.2, 0.25) is 0 Å². The lowest BCUT2D eigenvalue weighted by Crippen LogP contribution is -2.55. The molecule has 3 heterocycles. The summed E-state index contributed by atoms with van der Waals surface area (Å²) in [7, 11) is -4.04. The maximum atomic E-state index is 14.2. The lowest BCUT2D eigenvalue weighted by molar-refractivity contribution is -0.129. The van der Waals surface area contributed by atoms with E-state index in [1.54, 1.807) is 78.9 Å². The van der Waals surface area contributed by atoms with Gasteiger partial charge in [-0.3, -0.25) is 19.2 Å². The molecule has 5 N–H and O–H groups in total. The number of amides is 4. The van der Waals surface area contributed by atoms with Gasteiger partial charge in [0, 0.05) is 26.1 Å². The van der Waals surface area contributed by atoms with Crippen LogP contribution in [0.25, 0.3) is 0 Å². The summed E-state index contributed by atoms with van der Waals surface area (Å²) in [5.74, 6) is -1.93. The van der Waals surface area contributed by atoms with E-state index < -0.39 is 33.9 Å². The summed E-state index contributed by atoms with van der Waals surface area (Å²) >= 11 is 0. The first-order valence-electron chi connectivity index (χ1n) is 18.9. The Morgan fingerprint density at radius 1 is 0.655 bits per heavy atom. The molecule has 13 heteroatoms. The molecule has 5 aromatic carbocycles. The van der Waals surface area contributed by atoms with Crippen molar-refractivity contribution in [1.29, 1.82) is 5.26 Å². The average molecular weight is 797 g/mol. The van der Waals surface area contributed by atoms with Gasteiger partial charge in [-0.1, -0.05) is 115 Å². The fourth-order valence-electron chi connectivity index (χ4n) is 6.54. The maximum absolute atomic E-state index is 14.2. The Morgan fingerprint density at radius 3 is 1.78 bits per heavy atom. The van der Waals surface area contributed by atoms with Gasteiger partial charge in [-0.25, -0.2) is 13.1 Å². The van der Waals surface area contributed by atoms with Crippen molar-refractivity contribution in [2.24, 2.45) is 0 Å². The van der Waals surface area contributed by atoms with E-state index in [1.165, 1.54) is 0 Å². The summed E-state index contributed by atoms with van der Waals surface area (Å²) in [5, 5.41) is 20.7. The number of nitrogens with zero attached hydrogens (tertiary/aromatic N) is 1. The quantitative estimate of drug-likeness (QED) is 0.166. The van der Waals surface area contributed by atoms with E-state index in [4.69, 9.17) is 0 Å². The van der Waals surface area contributed by atoms with Gasteiger partial charge in [0.05, 0.1) is 30.2 Å². The molecule has 0 spiro atoms. The number of fused-ring (bicyclic) bond motifs is 2. The Morgan fingerprint density at radius 2 is 1.21 bits per heavy atom. The Balaban J connectivity index is 1.28. The Kier molecular flexibility index (Phi) is 13.8. The van der Waals surface area contributed by atoms with E-state index >= 15 is 0 Å². The van der Waals surface area contributed by atoms with Crippen molar-refractivity contribution in [3.63, 3.8) is 0 Å². The van der Waals surface area contributed by atoms with Crippen LogP contribution in [0.3, 0.4) is 0 Å². The van der Waals surface area contributed by atoms with Crippen molar-refractivity contribution in [3.05, 3.63) is 177 Å². The molecule has 0 aromatic heterocycles. The molecule has 0 saturated heterocycles. The third kappa shape index (κ3) is 12.4. The van der Waals surface area contributed by atoms with Gasteiger partial charge in [0.15, 0.2) is 0 Å². The van der Waals surface area contributed by atoms with Crippen molar-refractivity contribution < 1.29 is 27.6 Å². The standard InChI is InChI=1S/C45H44N6O6S/c46-26-33-13-19-36(20-14-33)29-49-44(54)40-22-31-9-15-34(16-10-31)27-47-42(52)24-38-7-4-8-39(21-38)25-43(53)48-28-35-17-11-32(12-18-35)23-41(45(55)50-40)51-58(56,57)30-37-5-2-1-3-6-37/h1-21,40-41,51H,22-25,27-30H2,(H,47,52)(H,48,53)(H,49,54)(H,50,55)/t40-,41+/m0/s1. The van der Waals surface area contributed by atoms with E-state index in [0.29, 0.717) is 16.7 Å². The Labute approximate surface area is 338 Å². The van der Waals surface area contributed by atoms with Crippen molar-refractivity contribution in [1.82, 2.24) is 26.0 Å². The van der Waals surface area contributed by atoms with Gasteiger partial charge in [-0.05, 0) is 63.1 Å². The number of nitriles is 1. The van der Waals surface area contributed by atoms with Crippen LogP contribution in [0.15, 0.2) is 127 Å². The van der Waals surface area contributed by atoms with Gasteiger partial charge in [0.2, 0.25) is 33.7 Å². The number of rotatable bonds is 7. The lowest BCUT2D eigenvalue weighted by atomic mass is 10.0. The summed E-state index contributed by atoms with van der Waals surface area (Å²) in [6, 6.07) is 36.8. The molecule has 4 amide bonds. The minimum atomic E-state index is -4.04. The Bertz CT molecular complexity index is 2380. The predicted octanol–water partition coefficient (Wildman–Crippen LogP) is 3.66.